The lowest BCUT2D eigenvalue weighted by atomic mass is 10.00. The maximum atomic E-state index is 12.2. The van der Waals surface area contributed by atoms with Gasteiger partial charge < -0.3 is 5.73 Å². The number of likely N-dealkylation sites (tertiary alicyclic amines) is 1. The fraction of sp³-hybridized carbons (Fsp3) is 0.750. The van der Waals surface area contributed by atoms with Gasteiger partial charge in [0.2, 0.25) is 11.8 Å². The van der Waals surface area contributed by atoms with Crippen LogP contribution < -0.4 is 5.73 Å². The Kier molecular flexibility index (Phi) is 3.47. The van der Waals surface area contributed by atoms with Crippen LogP contribution in [0, 0.1) is 11.8 Å². The summed E-state index contributed by atoms with van der Waals surface area (Å²) >= 11 is 4.99. The first kappa shape index (κ1) is 12.5. The number of carbonyl (C=O) groups is 2. The Balaban J connectivity index is 2.23. The molecule has 94 valence electrons. The highest BCUT2D eigenvalue weighted by Crippen LogP contribution is 2.40. The smallest absolute Gasteiger partial charge is 0.233 e. The Morgan fingerprint density at radius 1 is 1.41 bits per heavy atom. The average Bonchev–Trinajstić information content (AvgIpc) is 2.82. The fourth-order valence-electron chi connectivity index (χ4n) is 3.00. The summed E-state index contributed by atoms with van der Waals surface area (Å²) in [4.78, 5) is 26.0. The first-order valence-corrected chi connectivity index (χ1v) is 6.65. The van der Waals surface area contributed by atoms with Crippen LogP contribution in [0.3, 0.4) is 0 Å². The molecule has 1 saturated heterocycles. The van der Waals surface area contributed by atoms with Crippen LogP contribution in [0.15, 0.2) is 0 Å². The van der Waals surface area contributed by atoms with Crippen molar-refractivity contribution >= 4 is 29.0 Å². The molecule has 2 amide bonds. The number of rotatable bonds is 4. The largest absolute Gasteiger partial charge is 0.392 e. The highest BCUT2D eigenvalue weighted by atomic mass is 32.1. The molecule has 2 aliphatic rings. The molecule has 0 radical (unpaired) electrons. The molecule has 17 heavy (non-hydrogen) atoms. The molecule has 1 aliphatic carbocycles. The highest BCUT2D eigenvalue weighted by Gasteiger charge is 2.51. The van der Waals surface area contributed by atoms with Crippen LogP contribution in [-0.4, -0.2) is 27.7 Å². The highest BCUT2D eigenvalue weighted by molar-refractivity contribution is 7.80. The van der Waals surface area contributed by atoms with Crippen molar-refractivity contribution in [3.8, 4) is 0 Å². The Hall–Kier alpha value is -0.970. The number of carbonyl (C=O) groups excluding carboxylic acids is 2. The monoisotopic (exact) mass is 254 g/mol. The van der Waals surface area contributed by atoms with Crippen molar-refractivity contribution in [3.05, 3.63) is 0 Å². The van der Waals surface area contributed by atoms with E-state index in [0.717, 1.165) is 25.7 Å². The summed E-state index contributed by atoms with van der Waals surface area (Å²) < 4.78 is 0. The average molecular weight is 254 g/mol. The maximum absolute atomic E-state index is 12.2. The van der Waals surface area contributed by atoms with Gasteiger partial charge in [0.1, 0.15) is 0 Å². The molecule has 2 fully saturated rings. The van der Waals surface area contributed by atoms with Crippen LogP contribution in [-0.2, 0) is 9.59 Å². The second kappa shape index (κ2) is 4.72. The lowest BCUT2D eigenvalue weighted by Gasteiger charge is -2.25. The summed E-state index contributed by atoms with van der Waals surface area (Å²) in [5.74, 6) is -0.306. The molecule has 0 aromatic heterocycles. The van der Waals surface area contributed by atoms with E-state index in [-0.39, 0.29) is 34.7 Å². The van der Waals surface area contributed by atoms with Crippen molar-refractivity contribution in [2.24, 2.45) is 17.6 Å². The molecule has 4 nitrogen and oxygen atoms in total. The zero-order valence-electron chi connectivity index (χ0n) is 10.0. The summed E-state index contributed by atoms with van der Waals surface area (Å²) in [6.45, 7) is 2.00. The summed E-state index contributed by atoms with van der Waals surface area (Å²) in [7, 11) is 0. The molecule has 3 atom stereocenters. The van der Waals surface area contributed by atoms with E-state index < -0.39 is 0 Å². The predicted octanol–water partition coefficient (Wildman–Crippen LogP) is 1.23. The van der Waals surface area contributed by atoms with Gasteiger partial charge in [-0.05, 0) is 19.3 Å². The molecule has 0 bridgehead atoms. The first-order valence-electron chi connectivity index (χ1n) is 6.24. The second-order valence-electron chi connectivity index (χ2n) is 4.90. The van der Waals surface area contributed by atoms with Crippen molar-refractivity contribution in [2.45, 2.75) is 45.1 Å². The molecule has 3 unspecified atom stereocenters. The van der Waals surface area contributed by atoms with E-state index in [9.17, 15) is 9.59 Å². The number of thiocarbonyl (C=S) groups is 1. The Labute approximate surface area is 107 Å². The van der Waals surface area contributed by atoms with Crippen molar-refractivity contribution in [1.29, 1.82) is 0 Å². The summed E-state index contributed by atoms with van der Waals surface area (Å²) in [6.07, 6.45) is 4.18. The molecule has 1 heterocycles. The van der Waals surface area contributed by atoms with E-state index in [4.69, 9.17) is 18.0 Å². The van der Waals surface area contributed by atoms with Crippen LogP contribution in [0.4, 0.5) is 0 Å². The van der Waals surface area contributed by atoms with Crippen LogP contribution in [0.1, 0.15) is 39.0 Å². The van der Waals surface area contributed by atoms with Crippen LogP contribution in [0.5, 0.6) is 0 Å². The van der Waals surface area contributed by atoms with E-state index in [1.807, 2.05) is 6.92 Å². The number of imide groups is 1. The van der Waals surface area contributed by atoms with Crippen LogP contribution in [0.25, 0.3) is 0 Å². The van der Waals surface area contributed by atoms with E-state index in [1.54, 1.807) is 0 Å². The van der Waals surface area contributed by atoms with Gasteiger partial charge in [0.25, 0.3) is 0 Å². The van der Waals surface area contributed by atoms with Crippen LogP contribution >= 0.6 is 12.2 Å². The molecule has 1 saturated carbocycles. The zero-order chi connectivity index (χ0) is 12.6. The van der Waals surface area contributed by atoms with Gasteiger partial charge in [-0.2, -0.15) is 0 Å². The van der Waals surface area contributed by atoms with Crippen LogP contribution in [0.2, 0.25) is 0 Å². The lowest BCUT2D eigenvalue weighted by Crippen LogP contribution is -2.47. The molecular weight excluding hydrogens is 236 g/mol. The van der Waals surface area contributed by atoms with Gasteiger partial charge in [0.15, 0.2) is 0 Å². The number of fused-ring (bicyclic) bond motifs is 1. The summed E-state index contributed by atoms with van der Waals surface area (Å²) in [5.41, 5.74) is 5.66. The minimum absolute atomic E-state index is 0.0521. The van der Waals surface area contributed by atoms with E-state index >= 15 is 0 Å². The van der Waals surface area contributed by atoms with Crippen molar-refractivity contribution in [2.75, 3.05) is 0 Å². The quantitative estimate of drug-likeness (QED) is 0.605. The SMILES string of the molecule is CCCC(C(N)=S)N1C(=O)C2CCCC2C1=O. The van der Waals surface area contributed by atoms with E-state index in [0.29, 0.717) is 6.42 Å². The molecule has 1 aliphatic heterocycles. The van der Waals surface area contributed by atoms with E-state index in [1.165, 1.54) is 4.90 Å². The zero-order valence-corrected chi connectivity index (χ0v) is 10.8. The number of hydrogen-bond acceptors (Lipinski definition) is 3. The normalized spacial score (nSPS) is 29.6. The van der Waals surface area contributed by atoms with Crippen molar-refractivity contribution < 1.29 is 9.59 Å². The minimum atomic E-state index is -0.374. The third-order valence-corrected chi connectivity index (χ3v) is 4.10. The van der Waals surface area contributed by atoms with Gasteiger partial charge in [-0.1, -0.05) is 32.0 Å². The third kappa shape index (κ3) is 1.97. The van der Waals surface area contributed by atoms with Crippen molar-refractivity contribution in [1.82, 2.24) is 4.90 Å². The maximum Gasteiger partial charge on any atom is 0.233 e. The molecule has 0 spiro atoms. The lowest BCUT2D eigenvalue weighted by molar-refractivity contribution is -0.141. The Morgan fingerprint density at radius 3 is 2.35 bits per heavy atom. The third-order valence-electron chi connectivity index (χ3n) is 3.83. The van der Waals surface area contributed by atoms with Crippen molar-refractivity contribution in [3.63, 3.8) is 0 Å². The number of nitrogens with two attached hydrogens (primary N) is 1. The standard InChI is InChI=1S/C12H18N2O2S/c1-2-4-9(10(13)17)14-11(15)7-5-3-6-8(7)12(14)16/h7-9H,2-6H2,1H3,(H2,13,17). The molecule has 0 aromatic carbocycles. The van der Waals surface area contributed by atoms with Gasteiger partial charge >= 0.3 is 0 Å². The molecule has 2 rings (SSSR count). The Morgan fingerprint density at radius 2 is 1.94 bits per heavy atom. The number of nitrogens with zero attached hydrogens (tertiary/aromatic N) is 1. The van der Waals surface area contributed by atoms with E-state index in [2.05, 4.69) is 0 Å². The Bertz CT molecular complexity index is 348. The van der Waals surface area contributed by atoms with Gasteiger partial charge in [-0.15, -0.1) is 0 Å². The number of hydrogen-bond donors (Lipinski definition) is 1. The minimum Gasteiger partial charge on any atom is -0.392 e. The first-order chi connectivity index (χ1) is 8.07. The summed E-state index contributed by atoms with van der Waals surface area (Å²) in [6, 6.07) is -0.374. The molecule has 5 heteroatoms. The molecular formula is C12H18N2O2S. The predicted molar refractivity (Wildman–Crippen MR) is 68.2 cm³/mol. The summed E-state index contributed by atoms with van der Waals surface area (Å²) in [5, 5.41) is 0. The fourth-order valence-corrected chi connectivity index (χ4v) is 3.22. The van der Waals surface area contributed by atoms with Gasteiger partial charge in [0.05, 0.1) is 22.9 Å². The topological polar surface area (TPSA) is 63.4 Å². The second-order valence-corrected chi connectivity index (χ2v) is 5.37. The van der Waals surface area contributed by atoms with Gasteiger partial charge in [0, 0.05) is 0 Å². The molecule has 2 N–H and O–H groups in total. The molecule has 0 aromatic rings. The number of amides is 2. The van der Waals surface area contributed by atoms with Gasteiger partial charge in [-0.25, -0.2) is 0 Å². The van der Waals surface area contributed by atoms with Gasteiger partial charge in [-0.3, -0.25) is 14.5 Å².